The summed E-state index contributed by atoms with van der Waals surface area (Å²) >= 11 is 3.37. The number of halogens is 1. The Morgan fingerprint density at radius 3 is 2.76 bits per heavy atom. The van der Waals surface area contributed by atoms with Gasteiger partial charge >= 0.3 is 0 Å². The number of nitrogens with two attached hydrogens (primary N) is 1. The second-order valence-corrected chi connectivity index (χ2v) is 8.04. The van der Waals surface area contributed by atoms with Crippen molar-refractivity contribution in [2.75, 3.05) is 19.4 Å². The van der Waals surface area contributed by atoms with Crippen LogP contribution >= 0.6 is 15.9 Å². The number of benzene rings is 1. The van der Waals surface area contributed by atoms with Gasteiger partial charge in [0.1, 0.15) is 16.7 Å². The molecule has 0 atom stereocenters. The van der Waals surface area contributed by atoms with Gasteiger partial charge in [-0.2, -0.15) is 5.10 Å². The summed E-state index contributed by atoms with van der Waals surface area (Å²) in [6, 6.07) is 4.71. The van der Waals surface area contributed by atoms with E-state index in [9.17, 15) is 8.42 Å². The van der Waals surface area contributed by atoms with E-state index in [1.54, 1.807) is 6.07 Å². The minimum atomic E-state index is -3.82. The molecule has 9 nitrogen and oxygen atoms in total. The number of H-pyrrole nitrogens is 1. The Morgan fingerprint density at radius 1 is 1.32 bits per heavy atom. The van der Waals surface area contributed by atoms with Crippen molar-refractivity contribution in [2.24, 2.45) is 5.14 Å². The number of rotatable bonds is 5. The van der Waals surface area contributed by atoms with Crippen molar-refractivity contribution in [1.82, 2.24) is 25.1 Å². The van der Waals surface area contributed by atoms with Crippen LogP contribution < -0.4 is 10.5 Å². The Balaban J connectivity index is 2.12. The average Bonchev–Trinajstić information content (AvgIpc) is 2.90. The van der Waals surface area contributed by atoms with Crippen LogP contribution in [0, 0.1) is 0 Å². The number of nitrogens with one attached hydrogen (secondary N) is 2. The molecule has 0 saturated carbocycles. The number of nitrogens with zero attached hydrogens (tertiary/aromatic N) is 4. The van der Waals surface area contributed by atoms with Crippen LogP contribution in [0.1, 0.15) is 5.56 Å². The second-order valence-electron chi connectivity index (χ2n) is 5.69. The lowest BCUT2D eigenvalue weighted by atomic mass is 10.1. The first-order chi connectivity index (χ1) is 11.8. The Kier molecular flexibility index (Phi) is 4.73. The molecule has 0 radical (unpaired) electrons. The van der Waals surface area contributed by atoms with Crippen LogP contribution in [-0.4, -0.2) is 47.6 Å². The summed E-state index contributed by atoms with van der Waals surface area (Å²) in [5.41, 5.74) is 1.97. The number of sulfonamides is 1. The fraction of sp³-hybridized carbons (Fsp3) is 0.214. The van der Waals surface area contributed by atoms with Gasteiger partial charge in [-0.05, 0) is 47.7 Å². The van der Waals surface area contributed by atoms with Gasteiger partial charge in [-0.15, -0.1) is 0 Å². The number of hydrogen-bond acceptors (Lipinski definition) is 7. The van der Waals surface area contributed by atoms with Crippen molar-refractivity contribution in [3.05, 3.63) is 34.7 Å². The molecular weight excluding hydrogens is 410 g/mol. The lowest BCUT2D eigenvalue weighted by Crippen LogP contribution is -2.15. The molecule has 0 saturated heterocycles. The highest BCUT2D eigenvalue weighted by atomic mass is 79.9. The monoisotopic (exact) mass is 425 g/mol. The highest BCUT2D eigenvalue weighted by Gasteiger charge is 2.16. The molecule has 3 aromatic rings. The molecule has 0 bridgehead atoms. The molecule has 2 aromatic heterocycles. The predicted octanol–water partition coefficient (Wildman–Crippen LogP) is 1.57. The largest absolute Gasteiger partial charge is 0.339 e. The van der Waals surface area contributed by atoms with Crippen molar-refractivity contribution in [2.45, 2.75) is 11.4 Å². The van der Waals surface area contributed by atoms with E-state index in [2.05, 4.69) is 41.4 Å². The summed E-state index contributed by atoms with van der Waals surface area (Å²) in [6.07, 6.45) is 1.38. The molecule has 0 fully saturated rings. The van der Waals surface area contributed by atoms with Crippen LogP contribution in [0.15, 0.2) is 34.0 Å². The molecule has 1 aromatic carbocycles. The Bertz CT molecular complexity index is 1030. The fourth-order valence-corrected chi connectivity index (χ4v) is 3.36. The molecule has 132 valence electrons. The van der Waals surface area contributed by atoms with E-state index >= 15 is 0 Å². The summed E-state index contributed by atoms with van der Waals surface area (Å²) in [5.74, 6) is 0.497. The standard InChI is InChI=1S/C14H16BrN7O2S/c1-22(2)6-8-3-4-9(25(16,23)24)5-10(8)19-13-11-12(15)20-21-14(11)18-7-17-13/h3-5,7H,6H2,1-2H3,(H2,16,23,24)(H2,17,18,19,20,21). The van der Waals surface area contributed by atoms with Gasteiger partial charge in [0, 0.05) is 12.2 Å². The summed E-state index contributed by atoms with van der Waals surface area (Å²) in [6.45, 7) is 0.605. The molecule has 0 amide bonds. The van der Waals surface area contributed by atoms with E-state index in [4.69, 9.17) is 5.14 Å². The van der Waals surface area contributed by atoms with Gasteiger partial charge in [0.15, 0.2) is 5.65 Å². The van der Waals surface area contributed by atoms with Gasteiger partial charge in [-0.25, -0.2) is 23.5 Å². The van der Waals surface area contributed by atoms with Crippen LogP contribution in [0.5, 0.6) is 0 Å². The van der Waals surface area contributed by atoms with Crippen LogP contribution in [0.25, 0.3) is 11.0 Å². The third-order valence-corrected chi connectivity index (χ3v) is 4.94. The first-order valence-corrected chi connectivity index (χ1v) is 9.51. The molecule has 0 aliphatic rings. The highest BCUT2D eigenvalue weighted by molar-refractivity contribution is 9.10. The zero-order valence-electron chi connectivity index (χ0n) is 13.5. The molecule has 4 N–H and O–H groups in total. The lowest BCUT2D eigenvalue weighted by Gasteiger charge is -2.16. The molecule has 2 heterocycles. The van der Waals surface area contributed by atoms with Gasteiger partial charge in [0.2, 0.25) is 10.0 Å². The summed E-state index contributed by atoms with van der Waals surface area (Å²) in [5, 5.41) is 15.9. The average molecular weight is 426 g/mol. The van der Waals surface area contributed by atoms with E-state index in [1.807, 2.05) is 19.0 Å². The third kappa shape index (κ3) is 3.79. The first kappa shape index (κ1) is 17.7. The zero-order chi connectivity index (χ0) is 18.2. The third-order valence-electron chi connectivity index (χ3n) is 3.46. The van der Waals surface area contributed by atoms with Crippen LogP contribution in [0.4, 0.5) is 11.5 Å². The fourth-order valence-electron chi connectivity index (χ4n) is 2.37. The number of anilines is 2. The maximum atomic E-state index is 11.7. The van der Waals surface area contributed by atoms with E-state index in [-0.39, 0.29) is 4.90 Å². The summed E-state index contributed by atoms with van der Waals surface area (Å²) < 4.78 is 24.0. The number of aromatic nitrogens is 4. The summed E-state index contributed by atoms with van der Waals surface area (Å²) in [4.78, 5) is 10.3. The van der Waals surface area contributed by atoms with Crippen LogP contribution in [0.2, 0.25) is 0 Å². The van der Waals surface area contributed by atoms with E-state index < -0.39 is 10.0 Å². The van der Waals surface area contributed by atoms with Crippen molar-refractivity contribution < 1.29 is 8.42 Å². The zero-order valence-corrected chi connectivity index (χ0v) is 15.9. The number of hydrogen-bond donors (Lipinski definition) is 3. The van der Waals surface area contributed by atoms with Crippen molar-refractivity contribution in [1.29, 1.82) is 0 Å². The normalized spacial score (nSPS) is 12.0. The lowest BCUT2D eigenvalue weighted by molar-refractivity contribution is 0.403. The van der Waals surface area contributed by atoms with Crippen molar-refractivity contribution >= 4 is 48.5 Å². The number of primary sulfonamides is 1. The van der Waals surface area contributed by atoms with Crippen LogP contribution in [0.3, 0.4) is 0 Å². The highest BCUT2D eigenvalue weighted by Crippen LogP contribution is 2.30. The molecule has 0 spiro atoms. The van der Waals surface area contributed by atoms with Gasteiger partial charge < -0.3 is 10.2 Å². The smallest absolute Gasteiger partial charge is 0.238 e. The molecule has 0 aliphatic carbocycles. The van der Waals surface area contributed by atoms with Crippen molar-refractivity contribution in [3.8, 4) is 0 Å². The molecule has 11 heteroatoms. The van der Waals surface area contributed by atoms with E-state index in [0.29, 0.717) is 33.7 Å². The molecule has 25 heavy (non-hydrogen) atoms. The van der Waals surface area contributed by atoms with E-state index in [1.165, 1.54) is 18.5 Å². The van der Waals surface area contributed by atoms with Gasteiger partial charge in [0.25, 0.3) is 0 Å². The topological polar surface area (TPSA) is 130 Å². The maximum absolute atomic E-state index is 11.7. The van der Waals surface area contributed by atoms with E-state index in [0.717, 1.165) is 5.56 Å². The Hall–Kier alpha value is -2.08. The molecule has 3 rings (SSSR count). The Labute approximate surface area is 152 Å². The first-order valence-electron chi connectivity index (χ1n) is 7.18. The maximum Gasteiger partial charge on any atom is 0.238 e. The predicted molar refractivity (Wildman–Crippen MR) is 97.9 cm³/mol. The Morgan fingerprint density at radius 2 is 2.08 bits per heavy atom. The number of fused-ring (bicyclic) bond motifs is 1. The molecular formula is C14H16BrN7O2S. The quantitative estimate of drug-likeness (QED) is 0.565. The van der Waals surface area contributed by atoms with Gasteiger partial charge in [-0.1, -0.05) is 6.07 Å². The number of aromatic amines is 1. The molecule has 0 unspecified atom stereocenters. The van der Waals surface area contributed by atoms with Crippen LogP contribution in [-0.2, 0) is 16.6 Å². The minimum Gasteiger partial charge on any atom is -0.339 e. The SMILES string of the molecule is CN(C)Cc1ccc(S(N)(=O)=O)cc1Nc1ncnc2n[nH]c(Br)c12. The van der Waals surface area contributed by atoms with Gasteiger partial charge in [-0.3, -0.25) is 5.10 Å². The van der Waals surface area contributed by atoms with Gasteiger partial charge in [0.05, 0.1) is 10.3 Å². The van der Waals surface area contributed by atoms with Crippen molar-refractivity contribution in [3.63, 3.8) is 0 Å². The minimum absolute atomic E-state index is 0.0223. The summed E-state index contributed by atoms with van der Waals surface area (Å²) in [7, 11) is 0.0303. The second kappa shape index (κ2) is 6.67. The molecule has 0 aliphatic heterocycles.